The van der Waals surface area contributed by atoms with E-state index < -0.39 is 11.5 Å². The minimum absolute atomic E-state index is 0.166. The highest BCUT2D eigenvalue weighted by Crippen LogP contribution is 2.31. The van der Waals surface area contributed by atoms with Crippen molar-refractivity contribution >= 4 is 11.9 Å². The maximum absolute atomic E-state index is 12.0. The van der Waals surface area contributed by atoms with Crippen molar-refractivity contribution in [2.24, 2.45) is 17.3 Å². The molecule has 1 aliphatic rings. The summed E-state index contributed by atoms with van der Waals surface area (Å²) in [4.78, 5) is 23.7. The standard InChI is InChI=1S/C16H28O5/c1-5-16(3,4)15(19)21-10-12-9-11(7-8-13(12)17)14(18)20-6-2/h11-13,17H,5-10H2,1-4H3. The molecule has 21 heavy (non-hydrogen) atoms. The van der Waals surface area contributed by atoms with E-state index in [1.54, 1.807) is 6.92 Å². The Bertz CT molecular complexity index is 364. The van der Waals surface area contributed by atoms with Crippen LogP contribution in [0.3, 0.4) is 0 Å². The quantitative estimate of drug-likeness (QED) is 0.762. The second-order valence-corrected chi connectivity index (χ2v) is 6.43. The van der Waals surface area contributed by atoms with E-state index in [0.717, 1.165) is 0 Å². The predicted molar refractivity (Wildman–Crippen MR) is 78.5 cm³/mol. The molecular formula is C16H28O5. The van der Waals surface area contributed by atoms with Crippen molar-refractivity contribution < 1.29 is 24.2 Å². The van der Waals surface area contributed by atoms with E-state index in [1.807, 2.05) is 20.8 Å². The zero-order chi connectivity index (χ0) is 16.0. The lowest BCUT2D eigenvalue weighted by molar-refractivity contribution is -0.159. The number of aliphatic hydroxyl groups excluding tert-OH is 1. The van der Waals surface area contributed by atoms with Gasteiger partial charge in [-0.2, -0.15) is 0 Å². The molecule has 122 valence electrons. The Balaban J connectivity index is 2.53. The Morgan fingerprint density at radius 2 is 1.86 bits per heavy atom. The number of hydrogen-bond donors (Lipinski definition) is 1. The van der Waals surface area contributed by atoms with Crippen molar-refractivity contribution in [1.82, 2.24) is 0 Å². The Morgan fingerprint density at radius 1 is 1.19 bits per heavy atom. The molecule has 1 saturated carbocycles. The van der Waals surface area contributed by atoms with Gasteiger partial charge in [-0.05, 0) is 46.5 Å². The number of hydrogen-bond acceptors (Lipinski definition) is 5. The summed E-state index contributed by atoms with van der Waals surface area (Å²) in [6, 6.07) is 0. The molecule has 0 aromatic rings. The normalized spacial score (nSPS) is 26.2. The van der Waals surface area contributed by atoms with Crippen molar-refractivity contribution in [3.63, 3.8) is 0 Å². The molecule has 5 heteroatoms. The van der Waals surface area contributed by atoms with Gasteiger partial charge in [-0.3, -0.25) is 9.59 Å². The topological polar surface area (TPSA) is 72.8 Å². The maximum Gasteiger partial charge on any atom is 0.311 e. The van der Waals surface area contributed by atoms with Crippen LogP contribution in [0.15, 0.2) is 0 Å². The van der Waals surface area contributed by atoms with Gasteiger partial charge in [0.05, 0.1) is 30.7 Å². The molecule has 0 aromatic carbocycles. The molecule has 5 nitrogen and oxygen atoms in total. The molecule has 0 bridgehead atoms. The Labute approximate surface area is 127 Å². The van der Waals surface area contributed by atoms with Gasteiger partial charge < -0.3 is 14.6 Å². The molecule has 1 N–H and O–H groups in total. The fourth-order valence-corrected chi connectivity index (χ4v) is 2.42. The van der Waals surface area contributed by atoms with E-state index in [4.69, 9.17) is 9.47 Å². The third-order valence-corrected chi connectivity index (χ3v) is 4.43. The summed E-state index contributed by atoms with van der Waals surface area (Å²) in [7, 11) is 0. The summed E-state index contributed by atoms with van der Waals surface area (Å²) >= 11 is 0. The van der Waals surface area contributed by atoms with E-state index in [9.17, 15) is 14.7 Å². The summed E-state index contributed by atoms with van der Waals surface area (Å²) < 4.78 is 10.4. The van der Waals surface area contributed by atoms with Gasteiger partial charge in [0.2, 0.25) is 0 Å². The van der Waals surface area contributed by atoms with Gasteiger partial charge in [-0.1, -0.05) is 6.92 Å². The van der Waals surface area contributed by atoms with Crippen LogP contribution in [0.2, 0.25) is 0 Å². The first-order valence-electron chi connectivity index (χ1n) is 7.83. The van der Waals surface area contributed by atoms with E-state index in [-0.39, 0.29) is 30.4 Å². The van der Waals surface area contributed by atoms with Crippen LogP contribution in [-0.2, 0) is 19.1 Å². The molecular weight excluding hydrogens is 272 g/mol. The maximum atomic E-state index is 12.0. The van der Waals surface area contributed by atoms with Crippen molar-refractivity contribution in [3.8, 4) is 0 Å². The van der Waals surface area contributed by atoms with Gasteiger partial charge in [0.15, 0.2) is 0 Å². The third-order valence-electron chi connectivity index (χ3n) is 4.43. The highest BCUT2D eigenvalue weighted by molar-refractivity contribution is 5.75. The third kappa shape index (κ3) is 4.99. The molecule has 3 unspecified atom stereocenters. The molecule has 0 spiro atoms. The number of aliphatic hydroxyl groups is 1. The lowest BCUT2D eigenvalue weighted by Crippen LogP contribution is -2.37. The largest absolute Gasteiger partial charge is 0.466 e. The van der Waals surface area contributed by atoms with Gasteiger partial charge >= 0.3 is 11.9 Å². The van der Waals surface area contributed by atoms with Crippen LogP contribution in [0.25, 0.3) is 0 Å². The molecule has 0 radical (unpaired) electrons. The first-order chi connectivity index (χ1) is 9.81. The van der Waals surface area contributed by atoms with Crippen LogP contribution in [0.5, 0.6) is 0 Å². The molecule has 0 saturated heterocycles. The van der Waals surface area contributed by atoms with Crippen molar-refractivity contribution in [1.29, 1.82) is 0 Å². The van der Waals surface area contributed by atoms with Crippen LogP contribution >= 0.6 is 0 Å². The Morgan fingerprint density at radius 3 is 2.43 bits per heavy atom. The van der Waals surface area contributed by atoms with E-state index in [2.05, 4.69) is 0 Å². The van der Waals surface area contributed by atoms with Gasteiger partial charge in [0.25, 0.3) is 0 Å². The summed E-state index contributed by atoms with van der Waals surface area (Å²) in [6.07, 6.45) is 1.87. The SMILES string of the molecule is CCOC(=O)C1CCC(O)C(COC(=O)C(C)(C)CC)C1. The first kappa shape index (κ1) is 18.0. The first-order valence-corrected chi connectivity index (χ1v) is 7.83. The monoisotopic (exact) mass is 300 g/mol. The Kier molecular flexibility index (Phi) is 6.65. The highest BCUT2D eigenvalue weighted by atomic mass is 16.5. The number of ether oxygens (including phenoxy) is 2. The fraction of sp³-hybridized carbons (Fsp3) is 0.875. The van der Waals surface area contributed by atoms with Crippen LogP contribution in [0, 0.1) is 17.3 Å². The summed E-state index contributed by atoms with van der Waals surface area (Å²) in [5.74, 6) is -0.855. The molecule has 3 atom stereocenters. The Hall–Kier alpha value is -1.10. The molecule has 1 aliphatic carbocycles. The number of rotatable bonds is 6. The van der Waals surface area contributed by atoms with Crippen molar-refractivity contribution in [3.05, 3.63) is 0 Å². The van der Waals surface area contributed by atoms with Crippen molar-refractivity contribution in [2.45, 2.75) is 59.5 Å². The minimum atomic E-state index is -0.520. The second kappa shape index (κ2) is 7.78. The van der Waals surface area contributed by atoms with Crippen LogP contribution < -0.4 is 0 Å². The summed E-state index contributed by atoms with van der Waals surface area (Å²) in [6.45, 7) is 7.93. The van der Waals surface area contributed by atoms with Gasteiger partial charge in [-0.15, -0.1) is 0 Å². The molecule has 1 fully saturated rings. The lowest BCUT2D eigenvalue weighted by Gasteiger charge is -2.32. The average molecular weight is 300 g/mol. The van der Waals surface area contributed by atoms with Crippen molar-refractivity contribution in [2.75, 3.05) is 13.2 Å². The minimum Gasteiger partial charge on any atom is -0.466 e. The number of carbonyl (C=O) groups excluding carboxylic acids is 2. The molecule has 0 aromatic heterocycles. The van der Waals surface area contributed by atoms with Crippen LogP contribution in [-0.4, -0.2) is 36.4 Å². The second-order valence-electron chi connectivity index (χ2n) is 6.43. The van der Waals surface area contributed by atoms with E-state index in [0.29, 0.717) is 32.3 Å². The number of esters is 2. The fourth-order valence-electron chi connectivity index (χ4n) is 2.42. The lowest BCUT2D eigenvalue weighted by atomic mass is 9.79. The molecule has 0 aliphatic heterocycles. The molecule has 1 rings (SSSR count). The average Bonchev–Trinajstić information content (AvgIpc) is 2.46. The van der Waals surface area contributed by atoms with Gasteiger partial charge in [-0.25, -0.2) is 0 Å². The zero-order valence-electron chi connectivity index (χ0n) is 13.6. The highest BCUT2D eigenvalue weighted by Gasteiger charge is 2.35. The summed E-state index contributed by atoms with van der Waals surface area (Å²) in [5.41, 5.74) is -0.514. The van der Waals surface area contributed by atoms with Crippen LogP contribution in [0.4, 0.5) is 0 Å². The number of carbonyl (C=O) groups is 2. The van der Waals surface area contributed by atoms with Gasteiger partial charge in [0, 0.05) is 5.92 Å². The predicted octanol–water partition coefficient (Wildman–Crippen LogP) is 2.31. The van der Waals surface area contributed by atoms with E-state index in [1.165, 1.54) is 0 Å². The van der Waals surface area contributed by atoms with E-state index >= 15 is 0 Å². The van der Waals surface area contributed by atoms with Gasteiger partial charge in [0.1, 0.15) is 0 Å². The molecule has 0 amide bonds. The van der Waals surface area contributed by atoms with Crippen LogP contribution in [0.1, 0.15) is 53.4 Å². The zero-order valence-corrected chi connectivity index (χ0v) is 13.6. The summed E-state index contributed by atoms with van der Waals surface area (Å²) in [5, 5.41) is 10.0. The molecule has 0 heterocycles. The smallest absolute Gasteiger partial charge is 0.311 e.